The summed E-state index contributed by atoms with van der Waals surface area (Å²) in [7, 11) is -4.51. The summed E-state index contributed by atoms with van der Waals surface area (Å²) >= 11 is 0. The van der Waals surface area contributed by atoms with Gasteiger partial charge in [-0.05, 0) is 36.6 Å². The number of para-hydroxylation sites is 2. The highest BCUT2D eigenvalue weighted by molar-refractivity contribution is 7.86. The van der Waals surface area contributed by atoms with Gasteiger partial charge in [-0.15, -0.1) is 0 Å². The molecule has 0 unspecified atom stereocenters. The third kappa shape index (κ3) is 6.84. The first-order valence-corrected chi connectivity index (χ1v) is 11.4. The fraction of sp³-hybridized carbons (Fsp3) is 0.455. The fourth-order valence-corrected chi connectivity index (χ4v) is 3.81. The van der Waals surface area contributed by atoms with Crippen LogP contribution in [0.15, 0.2) is 47.4 Å². The number of aryl methyl sites for hydroxylation is 1. The Hall–Kier alpha value is -2.05. The molecule has 0 amide bonds. The van der Waals surface area contributed by atoms with Crippen LogP contribution in [-0.4, -0.2) is 18.1 Å². The number of ether oxygens (including phenoxy) is 1. The average Bonchev–Trinajstić information content (AvgIpc) is 2.65. The zero-order chi connectivity index (χ0) is 20.4. The lowest BCUT2D eigenvalue weighted by Gasteiger charge is -2.14. The van der Waals surface area contributed by atoms with Crippen molar-refractivity contribution in [3.05, 3.63) is 48.0 Å². The normalized spacial score (nSPS) is 11.5. The van der Waals surface area contributed by atoms with Gasteiger partial charge in [0.2, 0.25) is 0 Å². The van der Waals surface area contributed by atoms with Crippen molar-refractivity contribution in [1.82, 2.24) is 0 Å². The highest BCUT2D eigenvalue weighted by Gasteiger charge is 2.21. The molecule has 0 aromatic heterocycles. The molecule has 0 aliphatic rings. The Morgan fingerprint density at radius 2 is 1.50 bits per heavy atom. The number of phenolic OH excluding ortho intramolecular Hbond substituents is 1. The van der Waals surface area contributed by atoms with Crippen LogP contribution in [0.25, 0.3) is 0 Å². The molecule has 2 aromatic carbocycles. The maximum atomic E-state index is 11.6. The van der Waals surface area contributed by atoms with Gasteiger partial charge in [0.15, 0.2) is 11.5 Å². The fourth-order valence-electron chi connectivity index (χ4n) is 3.18. The Labute approximate surface area is 168 Å². The molecule has 0 aliphatic carbocycles. The minimum absolute atomic E-state index is 0.256. The van der Waals surface area contributed by atoms with E-state index in [0.29, 0.717) is 5.75 Å². The van der Waals surface area contributed by atoms with Crippen molar-refractivity contribution in [2.45, 2.75) is 69.6 Å². The Morgan fingerprint density at radius 1 is 0.857 bits per heavy atom. The van der Waals surface area contributed by atoms with Crippen molar-refractivity contribution in [2.24, 2.45) is 0 Å². The summed E-state index contributed by atoms with van der Waals surface area (Å²) in [5, 5.41) is 10.0. The zero-order valence-electron chi connectivity index (χ0n) is 16.4. The highest BCUT2D eigenvalue weighted by Crippen LogP contribution is 2.38. The molecule has 0 aliphatic heterocycles. The van der Waals surface area contributed by atoms with Crippen molar-refractivity contribution >= 4 is 10.1 Å². The van der Waals surface area contributed by atoms with Crippen LogP contribution in [-0.2, 0) is 16.5 Å². The van der Waals surface area contributed by atoms with E-state index in [1.807, 2.05) is 12.1 Å². The van der Waals surface area contributed by atoms with E-state index in [2.05, 4.69) is 6.92 Å². The van der Waals surface area contributed by atoms with Crippen molar-refractivity contribution in [3.63, 3.8) is 0 Å². The summed E-state index contributed by atoms with van der Waals surface area (Å²) in [5.74, 6) is -0.109. The molecule has 0 saturated carbocycles. The quantitative estimate of drug-likeness (QED) is 0.328. The van der Waals surface area contributed by atoms with Gasteiger partial charge in [-0.2, -0.15) is 8.42 Å². The van der Waals surface area contributed by atoms with Crippen molar-refractivity contribution in [3.8, 4) is 17.2 Å². The maximum Gasteiger partial charge on any atom is 0.298 e. The van der Waals surface area contributed by atoms with Gasteiger partial charge >= 0.3 is 0 Å². The number of aromatic hydroxyl groups is 1. The van der Waals surface area contributed by atoms with Crippen LogP contribution in [0.5, 0.6) is 17.2 Å². The first-order valence-electron chi connectivity index (χ1n) is 9.98. The van der Waals surface area contributed by atoms with Gasteiger partial charge in [-0.3, -0.25) is 4.55 Å². The SMILES string of the molecule is CCCCCCCCCCc1ccccc1Oc1c(O)cccc1S(=O)(=O)O. The van der Waals surface area contributed by atoms with Gasteiger partial charge in [-0.25, -0.2) is 0 Å². The van der Waals surface area contributed by atoms with Crippen LogP contribution < -0.4 is 4.74 Å². The lowest BCUT2D eigenvalue weighted by Crippen LogP contribution is -2.02. The molecule has 0 fully saturated rings. The molecule has 0 bridgehead atoms. The van der Waals surface area contributed by atoms with E-state index in [1.165, 1.54) is 56.7 Å². The summed E-state index contributed by atoms with van der Waals surface area (Å²) in [6.07, 6.45) is 10.6. The van der Waals surface area contributed by atoms with Crippen molar-refractivity contribution in [2.75, 3.05) is 0 Å². The molecule has 5 nitrogen and oxygen atoms in total. The van der Waals surface area contributed by atoms with E-state index in [1.54, 1.807) is 12.1 Å². The minimum atomic E-state index is -4.51. The molecular weight excluding hydrogens is 376 g/mol. The molecular formula is C22H30O5S. The molecule has 154 valence electrons. The summed E-state index contributed by atoms with van der Waals surface area (Å²) < 4.78 is 38.3. The molecule has 0 radical (unpaired) electrons. The number of unbranched alkanes of at least 4 members (excludes halogenated alkanes) is 7. The molecule has 2 aromatic rings. The number of rotatable bonds is 12. The smallest absolute Gasteiger partial charge is 0.298 e. The van der Waals surface area contributed by atoms with Gasteiger partial charge in [0.1, 0.15) is 10.6 Å². The zero-order valence-corrected chi connectivity index (χ0v) is 17.2. The Balaban J connectivity index is 2.00. The minimum Gasteiger partial charge on any atom is -0.504 e. The molecule has 0 heterocycles. The van der Waals surface area contributed by atoms with Crippen LogP contribution in [0.2, 0.25) is 0 Å². The average molecular weight is 407 g/mol. The molecule has 0 atom stereocenters. The van der Waals surface area contributed by atoms with Crippen LogP contribution in [0.3, 0.4) is 0 Å². The van der Waals surface area contributed by atoms with E-state index in [4.69, 9.17) is 4.74 Å². The van der Waals surface area contributed by atoms with Crippen molar-refractivity contribution in [1.29, 1.82) is 0 Å². The first kappa shape index (κ1) is 22.2. The highest BCUT2D eigenvalue weighted by atomic mass is 32.2. The third-order valence-corrected chi connectivity index (χ3v) is 5.60. The van der Waals surface area contributed by atoms with E-state index in [0.717, 1.165) is 24.8 Å². The topological polar surface area (TPSA) is 83.8 Å². The van der Waals surface area contributed by atoms with Crippen molar-refractivity contribution < 1.29 is 22.8 Å². The van der Waals surface area contributed by atoms with Crippen LogP contribution in [0.1, 0.15) is 63.9 Å². The Morgan fingerprint density at radius 3 is 2.18 bits per heavy atom. The monoisotopic (exact) mass is 406 g/mol. The van der Waals surface area contributed by atoms with Gasteiger partial charge in [0, 0.05) is 0 Å². The van der Waals surface area contributed by atoms with E-state index in [-0.39, 0.29) is 11.5 Å². The number of phenols is 1. The molecule has 28 heavy (non-hydrogen) atoms. The Bertz CT molecular complexity index is 846. The summed E-state index contributed by atoms with van der Waals surface area (Å²) in [6, 6.07) is 11.2. The second-order valence-corrected chi connectivity index (χ2v) is 8.40. The van der Waals surface area contributed by atoms with Gasteiger partial charge in [0.25, 0.3) is 10.1 Å². The first-order chi connectivity index (χ1) is 13.4. The predicted octanol–water partition coefficient (Wildman–Crippen LogP) is 6.11. The van der Waals surface area contributed by atoms with Gasteiger partial charge < -0.3 is 9.84 Å². The van der Waals surface area contributed by atoms with E-state index >= 15 is 0 Å². The predicted molar refractivity (Wildman–Crippen MR) is 111 cm³/mol. The summed E-state index contributed by atoms with van der Waals surface area (Å²) in [4.78, 5) is -0.450. The second kappa shape index (κ2) is 11.1. The standard InChI is InChI=1S/C22H30O5S/c1-2-3-4-5-6-7-8-9-13-18-14-10-11-16-20(18)27-22-19(23)15-12-17-21(22)28(24,25)26/h10-12,14-17,23H,2-9,13H2,1H3,(H,24,25,26). The lowest BCUT2D eigenvalue weighted by atomic mass is 10.0. The van der Waals surface area contributed by atoms with Crippen LogP contribution in [0, 0.1) is 0 Å². The second-order valence-electron chi connectivity index (χ2n) is 7.01. The van der Waals surface area contributed by atoms with Crippen LogP contribution >= 0.6 is 0 Å². The van der Waals surface area contributed by atoms with Crippen LogP contribution in [0.4, 0.5) is 0 Å². The van der Waals surface area contributed by atoms with E-state index < -0.39 is 15.0 Å². The van der Waals surface area contributed by atoms with Gasteiger partial charge in [0.05, 0.1) is 0 Å². The molecule has 6 heteroatoms. The summed E-state index contributed by atoms with van der Waals surface area (Å²) in [6.45, 7) is 2.22. The maximum absolute atomic E-state index is 11.6. The Kier molecular flexibility index (Phi) is 8.80. The van der Waals surface area contributed by atoms with Gasteiger partial charge in [-0.1, -0.05) is 76.1 Å². The largest absolute Gasteiger partial charge is 0.504 e. The number of benzene rings is 2. The molecule has 0 saturated heterocycles. The summed E-state index contributed by atoms with van der Waals surface area (Å²) in [5.41, 5.74) is 0.943. The van der Waals surface area contributed by atoms with E-state index in [9.17, 15) is 18.1 Å². The third-order valence-electron chi connectivity index (χ3n) is 4.72. The number of hydrogen-bond donors (Lipinski definition) is 2. The molecule has 0 spiro atoms. The molecule has 2 rings (SSSR count). The molecule has 2 N–H and O–H groups in total. The lowest BCUT2D eigenvalue weighted by molar-refractivity contribution is 0.394. The number of hydrogen-bond acceptors (Lipinski definition) is 4.